The Bertz CT molecular complexity index is 248. The Morgan fingerprint density at radius 3 is 2.93 bits per heavy atom. The fourth-order valence-electron chi connectivity index (χ4n) is 2.90. The fraction of sp³-hybridized carbons (Fsp3) is 0.857. The molecule has 15 heavy (non-hydrogen) atoms. The minimum absolute atomic E-state index is 0.600. The van der Waals surface area contributed by atoms with Gasteiger partial charge in [-0.1, -0.05) is 19.3 Å². The molecule has 0 aromatic rings. The molecule has 0 spiro atoms. The van der Waals surface area contributed by atoms with Gasteiger partial charge in [0.25, 0.3) is 0 Å². The van der Waals surface area contributed by atoms with Crippen LogP contribution in [0.15, 0.2) is 0 Å². The summed E-state index contributed by atoms with van der Waals surface area (Å²) in [6.07, 6.45) is 10.6. The molecule has 0 amide bonds. The monoisotopic (exact) mass is 205 g/mol. The van der Waals surface area contributed by atoms with Gasteiger partial charge in [0.15, 0.2) is 0 Å². The van der Waals surface area contributed by atoms with Crippen molar-refractivity contribution in [2.45, 2.75) is 70.4 Å². The minimum atomic E-state index is 0.600. The molecule has 0 saturated carbocycles. The second-order valence-electron chi connectivity index (χ2n) is 4.91. The van der Waals surface area contributed by atoms with E-state index < -0.39 is 0 Å². The van der Waals surface area contributed by atoms with Gasteiger partial charge in [-0.15, -0.1) is 5.92 Å². The van der Waals surface area contributed by atoms with Gasteiger partial charge in [0.1, 0.15) is 0 Å². The van der Waals surface area contributed by atoms with Crippen molar-refractivity contribution < 1.29 is 0 Å². The van der Waals surface area contributed by atoms with Gasteiger partial charge < -0.3 is 0 Å². The number of rotatable bonds is 2. The van der Waals surface area contributed by atoms with E-state index >= 15 is 0 Å². The molecule has 0 bridgehead atoms. The third-order valence-electron chi connectivity index (χ3n) is 3.76. The molecule has 0 aromatic carbocycles. The molecule has 84 valence electrons. The van der Waals surface area contributed by atoms with Crippen LogP contribution in [0.2, 0.25) is 0 Å². The summed E-state index contributed by atoms with van der Waals surface area (Å²) in [7, 11) is 0. The van der Waals surface area contributed by atoms with Crippen molar-refractivity contribution >= 4 is 0 Å². The molecule has 2 atom stereocenters. The van der Waals surface area contributed by atoms with Crippen molar-refractivity contribution in [3.63, 3.8) is 0 Å². The maximum Gasteiger partial charge on any atom is 0.0716 e. The Balaban J connectivity index is 1.86. The van der Waals surface area contributed by atoms with Crippen LogP contribution in [-0.2, 0) is 0 Å². The molecule has 0 N–H and O–H groups in total. The molecule has 1 heteroatoms. The van der Waals surface area contributed by atoms with Crippen molar-refractivity contribution in [1.82, 2.24) is 4.90 Å². The molecule has 0 aromatic heterocycles. The normalized spacial score (nSPS) is 30.7. The van der Waals surface area contributed by atoms with Crippen LogP contribution >= 0.6 is 0 Å². The maximum atomic E-state index is 3.50. The summed E-state index contributed by atoms with van der Waals surface area (Å²) in [6.45, 7) is 3.54. The summed E-state index contributed by atoms with van der Waals surface area (Å²) < 4.78 is 0. The van der Waals surface area contributed by atoms with Crippen LogP contribution in [0.1, 0.15) is 58.3 Å². The van der Waals surface area contributed by atoms with E-state index in [1.807, 2.05) is 0 Å². The van der Waals surface area contributed by atoms with Crippen LogP contribution in [0.5, 0.6) is 0 Å². The molecule has 1 nitrogen and oxygen atoms in total. The van der Waals surface area contributed by atoms with Gasteiger partial charge in [0.05, 0.1) is 6.04 Å². The molecule has 2 aliphatic heterocycles. The molecular weight excluding hydrogens is 182 g/mol. The summed E-state index contributed by atoms with van der Waals surface area (Å²) in [5, 5.41) is 0. The molecule has 2 rings (SSSR count). The molecule has 2 aliphatic rings. The van der Waals surface area contributed by atoms with Gasteiger partial charge >= 0.3 is 0 Å². The highest BCUT2D eigenvalue weighted by atomic mass is 15.2. The predicted molar refractivity (Wildman–Crippen MR) is 64.7 cm³/mol. The highest BCUT2D eigenvalue weighted by molar-refractivity contribution is 5.11. The number of hydrogen-bond acceptors (Lipinski definition) is 1. The number of unbranched alkanes of at least 4 members (excludes halogenated alkanes) is 2. The second-order valence-corrected chi connectivity index (χ2v) is 4.91. The van der Waals surface area contributed by atoms with E-state index in [1.54, 1.807) is 0 Å². The van der Waals surface area contributed by atoms with Gasteiger partial charge in [0, 0.05) is 12.5 Å². The predicted octanol–water partition coefficient (Wildman–Crippen LogP) is 3.20. The average molecular weight is 205 g/mol. The first-order valence-electron chi connectivity index (χ1n) is 6.66. The van der Waals surface area contributed by atoms with Crippen LogP contribution in [0.3, 0.4) is 0 Å². The van der Waals surface area contributed by atoms with E-state index in [4.69, 9.17) is 0 Å². The molecule has 2 saturated heterocycles. The van der Waals surface area contributed by atoms with Crippen molar-refractivity contribution in [2.75, 3.05) is 6.54 Å². The van der Waals surface area contributed by atoms with E-state index in [2.05, 4.69) is 23.7 Å². The molecule has 0 unspecified atom stereocenters. The van der Waals surface area contributed by atoms with E-state index in [-0.39, 0.29) is 0 Å². The van der Waals surface area contributed by atoms with Crippen molar-refractivity contribution in [2.24, 2.45) is 0 Å². The number of hydrogen-bond donors (Lipinski definition) is 0. The molecule has 0 radical (unpaired) electrons. The topological polar surface area (TPSA) is 3.24 Å². The lowest BCUT2D eigenvalue weighted by atomic mass is 9.97. The first-order valence-corrected chi connectivity index (χ1v) is 6.66. The van der Waals surface area contributed by atoms with Gasteiger partial charge in [-0.2, -0.15) is 0 Å². The van der Waals surface area contributed by atoms with Crippen molar-refractivity contribution in [1.29, 1.82) is 0 Å². The van der Waals surface area contributed by atoms with E-state index in [1.165, 1.54) is 51.5 Å². The van der Waals surface area contributed by atoms with Gasteiger partial charge in [0.2, 0.25) is 0 Å². The zero-order chi connectivity index (χ0) is 10.5. The second kappa shape index (κ2) is 5.56. The quantitative estimate of drug-likeness (QED) is 0.494. The lowest BCUT2D eigenvalue weighted by Crippen LogP contribution is -2.41. The third kappa shape index (κ3) is 2.75. The molecule has 0 aliphatic carbocycles. The van der Waals surface area contributed by atoms with Crippen LogP contribution in [0.4, 0.5) is 0 Å². The molecule has 2 heterocycles. The fourth-order valence-corrected chi connectivity index (χ4v) is 2.90. The van der Waals surface area contributed by atoms with E-state index in [0.29, 0.717) is 6.04 Å². The summed E-state index contributed by atoms with van der Waals surface area (Å²) in [6, 6.07) is 1.48. The lowest BCUT2D eigenvalue weighted by Gasteiger charge is -2.34. The first kappa shape index (κ1) is 11.0. The Morgan fingerprint density at radius 2 is 2.07 bits per heavy atom. The zero-order valence-corrected chi connectivity index (χ0v) is 9.97. The first-order chi connectivity index (χ1) is 7.42. The Morgan fingerprint density at radius 1 is 1.20 bits per heavy atom. The van der Waals surface area contributed by atoms with Crippen LogP contribution in [0, 0.1) is 11.8 Å². The highest BCUT2D eigenvalue weighted by Gasteiger charge is 2.32. The van der Waals surface area contributed by atoms with Crippen molar-refractivity contribution in [3.8, 4) is 11.8 Å². The standard InChI is InChI=1S/C14H23N/c1-2-3-4-5-8-13-9-6-10-14-11-7-12-15(13)14/h13-14H,2-4,6-7,9-12H2,1H3/t13-,14-/m1/s1. The summed E-state index contributed by atoms with van der Waals surface area (Å²) in [4.78, 5) is 2.67. The summed E-state index contributed by atoms with van der Waals surface area (Å²) in [5.74, 6) is 6.88. The Kier molecular flexibility index (Phi) is 4.09. The number of fused-ring (bicyclic) bond motifs is 1. The molecular formula is C14H23N. The Labute approximate surface area is 94.2 Å². The van der Waals surface area contributed by atoms with Crippen LogP contribution in [-0.4, -0.2) is 23.5 Å². The zero-order valence-electron chi connectivity index (χ0n) is 9.97. The van der Waals surface area contributed by atoms with Crippen molar-refractivity contribution in [3.05, 3.63) is 0 Å². The maximum absolute atomic E-state index is 3.50. The van der Waals surface area contributed by atoms with E-state index in [0.717, 1.165) is 12.5 Å². The average Bonchev–Trinajstić information content (AvgIpc) is 2.73. The SMILES string of the molecule is CCCCC#C[C@@H]1CCC[C@@H]2CCCN21. The van der Waals surface area contributed by atoms with E-state index in [9.17, 15) is 0 Å². The van der Waals surface area contributed by atoms with Gasteiger partial charge in [-0.25, -0.2) is 0 Å². The largest absolute Gasteiger partial charge is 0.287 e. The minimum Gasteiger partial charge on any atom is -0.287 e. The lowest BCUT2D eigenvalue weighted by molar-refractivity contribution is 0.158. The number of piperidine rings is 1. The van der Waals surface area contributed by atoms with Gasteiger partial charge in [-0.05, 0) is 45.1 Å². The highest BCUT2D eigenvalue weighted by Crippen LogP contribution is 2.30. The smallest absolute Gasteiger partial charge is 0.0716 e. The van der Waals surface area contributed by atoms with Gasteiger partial charge in [-0.3, -0.25) is 4.90 Å². The van der Waals surface area contributed by atoms with Crippen LogP contribution < -0.4 is 0 Å². The van der Waals surface area contributed by atoms with Crippen LogP contribution in [0.25, 0.3) is 0 Å². The molecule has 2 fully saturated rings. The summed E-state index contributed by atoms with van der Waals surface area (Å²) >= 11 is 0. The number of nitrogens with zero attached hydrogens (tertiary/aromatic N) is 1. The third-order valence-corrected chi connectivity index (χ3v) is 3.76. The summed E-state index contributed by atoms with van der Waals surface area (Å²) in [5.41, 5.74) is 0. The Hall–Kier alpha value is -0.480.